The van der Waals surface area contributed by atoms with Gasteiger partial charge in [-0.1, -0.05) is 6.42 Å². The van der Waals surface area contributed by atoms with Crippen molar-refractivity contribution in [2.75, 3.05) is 6.26 Å². The van der Waals surface area contributed by atoms with Crippen LogP contribution in [0, 0.1) is 5.92 Å². The Balaban J connectivity index is 2.15. The maximum absolute atomic E-state index is 11.7. The third kappa shape index (κ3) is 3.49. The number of nitrogens with zero attached hydrogens (tertiary/aromatic N) is 2. The lowest BCUT2D eigenvalue weighted by molar-refractivity contribution is 0.274. The molecule has 1 aromatic rings. The van der Waals surface area contributed by atoms with Crippen LogP contribution in [0.5, 0.6) is 0 Å². The van der Waals surface area contributed by atoms with E-state index in [0.717, 1.165) is 24.8 Å². The number of hydrazine groups is 1. The van der Waals surface area contributed by atoms with Crippen molar-refractivity contribution in [1.29, 1.82) is 0 Å². The van der Waals surface area contributed by atoms with E-state index in [9.17, 15) is 8.42 Å². The van der Waals surface area contributed by atoms with Gasteiger partial charge in [0.25, 0.3) is 0 Å². The first-order valence-corrected chi connectivity index (χ1v) is 8.39. The second-order valence-corrected chi connectivity index (χ2v) is 7.52. The standard InChI is InChI=1S/C12H20N4O2S/c1-19(17,18)11-4-2-3-9(7-11)12(16-13)10-5-6-14-15-8-10/h5-6,8-9,11-12,16H,2-4,7,13H2,1H3. The molecule has 0 amide bonds. The summed E-state index contributed by atoms with van der Waals surface area (Å²) in [6, 6.07) is 1.79. The highest BCUT2D eigenvalue weighted by Crippen LogP contribution is 2.36. The van der Waals surface area contributed by atoms with Crippen LogP contribution in [-0.4, -0.2) is 30.1 Å². The van der Waals surface area contributed by atoms with Gasteiger partial charge in [0.15, 0.2) is 0 Å². The number of aromatic nitrogens is 2. The SMILES string of the molecule is CS(=O)(=O)C1CCCC(C(NN)c2ccnnc2)C1. The quantitative estimate of drug-likeness (QED) is 0.620. The van der Waals surface area contributed by atoms with Crippen LogP contribution < -0.4 is 11.3 Å². The number of rotatable bonds is 4. The summed E-state index contributed by atoms with van der Waals surface area (Å²) in [5.74, 6) is 5.85. The molecule has 1 fully saturated rings. The van der Waals surface area contributed by atoms with E-state index in [1.165, 1.54) is 6.26 Å². The molecule has 3 atom stereocenters. The molecule has 2 rings (SSSR count). The average molecular weight is 284 g/mol. The monoisotopic (exact) mass is 284 g/mol. The summed E-state index contributed by atoms with van der Waals surface area (Å²) in [7, 11) is -2.98. The van der Waals surface area contributed by atoms with E-state index in [1.807, 2.05) is 6.07 Å². The summed E-state index contributed by atoms with van der Waals surface area (Å²) < 4.78 is 23.4. The number of nitrogens with two attached hydrogens (primary N) is 1. The summed E-state index contributed by atoms with van der Waals surface area (Å²) in [5, 5.41) is 7.35. The van der Waals surface area contributed by atoms with E-state index < -0.39 is 9.84 Å². The van der Waals surface area contributed by atoms with Gasteiger partial charge in [-0.2, -0.15) is 10.2 Å². The fourth-order valence-corrected chi connectivity index (χ4v) is 4.05. The molecule has 1 aliphatic rings. The predicted octanol–water partition coefficient (Wildman–Crippen LogP) is 0.584. The molecule has 106 valence electrons. The Labute approximate surface area is 113 Å². The Morgan fingerprint density at radius 1 is 1.42 bits per heavy atom. The van der Waals surface area contributed by atoms with Crippen molar-refractivity contribution in [3.63, 3.8) is 0 Å². The fourth-order valence-electron chi connectivity index (χ4n) is 2.86. The van der Waals surface area contributed by atoms with Gasteiger partial charge in [0.05, 0.1) is 17.5 Å². The van der Waals surface area contributed by atoms with Crippen molar-refractivity contribution in [1.82, 2.24) is 15.6 Å². The van der Waals surface area contributed by atoms with Crippen LogP contribution in [0.3, 0.4) is 0 Å². The molecule has 3 unspecified atom stereocenters. The Kier molecular flexibility index (Phi) is 4.49. The summed E-state index contributed by atoms with van der Waals surface area (Å²) >= 11 is 0. The summed E-state index contributed by atoms with van der Waals surface area (Å²) in [4.78, 5) is 0. The fraction of sp³-hybridized carbons (Fsp3) is 0.667. The Hall–Kier alpha value is -1.05. The zero-order valence-electron chi connectivity index (χ0n) is 11.0. The van der Waals surface area contributed by atoms with Crippen LogP contribution in [-0.2, 0) is 9.84 Å². The largest absolute Gasteiger partial charge is 0.271 e. The lowest BCUT2D eigenvalue weighted by Crippen LogP contribution is -2.38. The second kappa shape index (κ2) is 5.94. The van der Waals surface area contributed by atoms with Crippen LogP contribution in [0.4, 0.5) is 0 Å². The summed E-state index contributed by atoms with van der Waals surface area (Å²) in [5.41, 5.74) is 3.75. The van der Waals surface area contributed by atoms with Gasteiger partial charge >= 0.3 is 0 Å². The first-order chi connectivity index (χ1) is 9.02. The molecule has 0 saturated heterocycles. The molecule has 0 bridgehead atoms. The van der Waals surface area contributed by atoms with Crippen LogP contribution in [0.2, 0.25) is 0 Å². The molecule has 0 radical (unpaired) electrons. The van der Waals surface area contributed by atoms with Crippen molar-refractivity contribution in [2.24, 2.45) is 11.8 Å². The van der Waals surface area contributed by atoms with Crippen molar-refractivity contribution in [3.8, 4) is 0 Å². The van der Waals surface area contributed by atoms with Gasteiger partial charge in [0.2, 0.25) is 0 Å². The minimum absolute atomic E-state index is 0.0694. The molecule has 7 heteroatoms. The van der Waals surface area contributed by atoms with Gasteiger partial charge in [0.1, 0.15) is 9.84 Å². The first kappa shape index (κ1) is 14.4. The second-order valence-electron chi connectivity index (χ2n) is 5.20. The smallest absolute Gasteiger partial charge is 0.150 e. The molecular weight excluding hydrogens is 264 g/mol. The van der Waals surface area contributed by atoms with E-state index in [4.69, 9.17) is 5.84 Å². The molecule has 0 aromatic carbocycles. The molecule has 1 heterocycles. The maximum Gasteiger partial charge on any atom is 0.150 e. The summed E-state index contributed by atoms with van der Waals surface area (Å²) in [6.07, 6.45) is 7.91. The first-order valence-electron chi connectivity index (χ1n) is 6.44. The molecule has 6 nitrogen and oxygen atoms in total. The van der Waals surface area contributed by atoms with Crippen molar-refractivity contribution >= 4 is 9.84 Å². The highest BCUT2D eigenvalue weighted by atomic mass is 32.2. The third-order valence-electron chi connectivity index (χ3n) is 3.89. The van der Waals surface area contributed by atoms with Crippen LogP contribution in [0.1, 0.15) is 37.3 Å². The average Bonchev–Trinajstić information content (AvgIpc) is 2.40. The van der Waals surface area contributed by atoms with E-state index in [2.05, 4.69) is 15.6 Å². The van der Waals surface area contributed by atoms with E-state index in [0.29, 0.717) is 6.42 Å². The zero-order valence-corrected chi connectivity index (χ0v) is 11.8. The van der Waals surface area contributed by atoms with Crippen LogP contribution >= 0.6 is 0 Å². The highest BCUT2D eigenvalue weighted by Gasteiger charge is 2.33. The van der Waals surface area contributed by atoms with Gasteiger partial charge in [-0.25, -0.2) is 8.42 Å². The van der Waals surface area contributed by atoms with Crippen molar-refractivity contribution < 1.29 is 8.42 Å². The van der Waals surface area contributed by atoms with Crippen LogP contribution in [0.15, 0.2) is 18.5 Å². The highest BCUT2D eigenvalue weighted by molar-refractivity contribution is 7.91. The molecular formula is C12H20N4O2S. The number of hydrogen-bond acceptors (Lipinski definition) is 6. The van der Waals surface area contributed by atoms with Gasteiger partial charge in [-0.05, 0) is 36.8 Å². The molecule has 19 heavy (non-hydrogen) atoms. The lowest BCUT2D eigenvalue weighted by Gasteiger charge is -2.33. The maximum atomic E-state index is 11.7. The number of nitrogens with one attached hydrogen (secondary N) is 1. The zero-order chi connectivity index (χ0) is 13.9. The molecule has 1 aromatic heterocycles. The molecule has 1 aliphatic carbocycles. The van der Waals surface area contributed by atoms with Gasteiger partial charge < -0.3 is 0 Å². The van der Waals surface area contributed by atoms with Gasteiger partial charge in [-0.15, -0.1) is 0 Å². The Morgan fingerprint density at radius 2 is 2.21 bits per heavy atom. The minimum atomic E-state index is -2.98. The third-order valence-corrected chi connectivity index (χ3v) is 5.53. The topological polar surface area (TPSA) is 98.0 Å². The number of hydrogen-bond donors (Lipinski definition) is 2. The van der Waals surface area contributed by atoms with E-state index in [1.54, 1.807) is 12.4 Å². The molecule has 3 N–H and O–H groups in total. The van der Waals surface area contributed by atoms with Gasteiger partial charge in [-0.3, -0.25) is 11.3 Å². The Morgan fingerprint density at radius 3 is 2.79 bits per heavy atom. The van der Waals surface area contributed by atoms with Crippen molar-refractivity contribution in [3.05, 3.63) is 24.0 Å². The normalized spacial score (nSPS) is 26.0. The minimum Gasteiger partial charge on any atom is -0.271 e. The van der Waals surface area contributed by atoms with E-state index in [-0.39, 0.29) is 17.2 Å². The van der Waals surface area contributed by atoms with E-state index >= 15 is 0 Å². The molecule has 0 aliphatic heterocycles. The van der Waals surface area contributed by atoms with Crippen LogP contribution in [0.25, 0.3) is 0 Å². The lowest BCUT2D eigenvalue weighted by atomic mass is 9.81. The molecule has 1 saturated carbocycles. The molecule has 0 spiro atoms. The Bertz CT molecular complexity index is 506. The number of sulfone groups is 1. The predicted molar refractivity (Wildman–Crippen MR) is 72.7 cm³/mol. The summed E-state index contributed by atoms with van der Waals surface area (Å²) in [6.45, 7) is 0. The van der Waals surface area contributed by atoms with Gasteiger partial charge in [0, 0.05) is 12.5 Å². The van der Waals surface area contributed by atoms with Crippen molar-refractivity contribution in [2.45, 2.75) is 37.0 Å².